The zero-order valence-electron chi connectivity index (χ0n) is 11.4. The number of halogens is 1. The second-order valence-electron chi connectivity index (χ2n) is 4.88. The lowest BCUT2D eigenvalue weighted by molar-refractivity contribution is -0.128. The summed E-state index contributed by atoms with van der Waals surface area (Å²) in [5.41, 5.74) is 6.89. The van der Waals surface area contributed by atoms with Crippen molar-refractivity contribution >= 4 is 33.4 Å². The van der Waals surface area contributed by atoms with Gasteiger partial charge in [0.2, 0.25) is 5.91 Å². The third-order valence-electron chi connectivity index (χ3n) is 3.47. The molecule has 1 heterocycles. The van der Waals surface area contributed by atoms with Gasteiger partial charge in [0, 0.05) is 43.3 Å². The summed E-state index contributed by atoms with van der Waals surface area (Å²) in [6, 6.07) is 5.27. The van der Waals surface area contributed by atoms with E-state index in [1.165, 1.54) is 0 Å². The van der Waals surface area contributed by atoms with E-state index in [0.29, 0.717) is 37.4 Å². The van der Waals surface area contributed by atoms with E-state index >= 15 is 0 Å². The first-order valence-corrected chi connectivity index (χ1v) is 7.38. The van der Waals surface area contributed by atoms with E-state index < -0.39 is 0 Å². The lowest BCUT2D eigenvalue weighted by atomic mass is 10.1. The van der Waals surface area contributed by atoms with Gasteiger partial charge in [-0.2, -0.15) is 0 Å². The van der Waals surface area contributed by atoms with E-state index in [4.69, 9.17) is 5.73 Å². The number of nitrogens with zero attached hydrogens (tertiary/aromatic N) is 2. The molecular weight excluding hydrogens is 322 g/mol. The lowest BCUT2D eigenvalue weighted by Crippen LogP contribution is -2.36. The number of hydrogen-bond acceptors (Lipinski definition) is 3. The minimum Gasteiger partial charge on any atom is -0.398 e. The Morgan fingerprint density at radius 1 is 1.15 bits per heavy atom. The highest BCUT2D eigenvalue weighted by Crippen LogP contribution is 2.20. The molecule has 1 aliphatic rings. The topological polar surface area (TPSA) is 66.6 Å². The summed E-state index contributed by atoms with van der Waals surface area (Å²) < 4.78 is 0.852. The van der Waals surface area contributed by atoms with E-state index in [2.05, 4.69) is 15.9 Å². The Morgan fingerprint density at radius 3 is 2.45 bits per heavy atom. The van der Waals surface area contributed by atoms with Gasteiger partial charge in [0.15, 0.2) is 0 Å². The summed E-state index contributed by atoms with van der Waals surface area (Å²) in [5.74, 6) is -0.0112. The van der Waals surface area contributed by atoms with Crippen molar-refractivity contribution in [2.45, 2.75) is 13.3 Å². The maximum Gasteiger partial charge on any atom is 0.256 e. The third-order valence-corrected chi connectivity index (χ3v) is 3.97. The summed E-state index contributed by atoms with van der Waals surface area (Å²) in [6.45, 7) is 4.04. The molecule has 0 bridgehead atoms. The molecule has 1 aromatic rings. The van der Waals surface area contributed by atoms with Crippen molar-refractivity contribution in [1.29, 1.82) is 0 Å². The Morgan fingerprint density at radius 2 is 1.80 bits per heavy atom. The molecule has 2 rings (SSSR count). The van der Waals surface area contributed by atoms with Gasteiger partial charge < -0.3 is 15.5 Å². The number of carbonyl (C=O) groups is 2. The molecule has 1 saturated heterocycles. The smallest absolute Gasteiger partial charge is 0.256 e. The van der Waals surface area contributed by atoms with Crippen LogP contribution in [0, 0.1) is 0 Å². The third kappa shape index (κ3) is 3.30. The maximum atomic E-state index is 12.5. The van der Waals surface area contributed by atoms with E-state index in [-0.39, 0.29) is 11.8 Å². The summed E-state index contributed by atoms with van der Waals surface area (Å²) in [7, 11) is 0. The number of anilines is 1. The molecule has 6 heteroatoms. The van der Waals surface area contributed by atoms with Crippen LogP contribution < -0.4 is 5.73 Å². The summed E-state index contributed by atoms with van der Waals surface area (Å²) in [4.78, 5) is 27.4. The zero-order chi connectivity index (χ0) is 14.7. The van der Waals surface area contributed by atoms with Crippen molar-refractivity contribution in [2.24, 2.45) is 0 Å². The van der Waals surface area contributed by atoms with Crippen LogP contribution in [0.5, 0.6) is 0 Å². The minimum absolute atomic E-state index is 0.0578. The van der Waals surface area contributed by atoms with Crippen LogP contribution in [-0.4, -0.2) is 47.8 Å². The number of carbonyl (C=O) groups excluding carboxylic acids is 2. The van der Waals surface area contributed by atoms with Crippen LogP contribution in [0.4, 0.5) is 5.69 Å². The molecule has 0 spiro atoms. The van der Waals surface area contributed by atoms with Crippen molar-refractivity contribution in [3.05, 3.63) is 28.2 Å². The quantitative estimate of drug-likeness (QED) is 0.792. The van der Waals surface area contributed by atoms with Crippen LogP contribution in [0.2, 0.25) is 0 Å². The van der Waals surface area contributed by atoms with Crippen LogP contribution in [0.15, 0.2) is 22.7 Å². The fourth-order valence-corrected chi connectivity index (χ4v) is 2.71. The van der Waals surface area contributed by atoms with Gasteiger partial charge >= 0.3 is 0 Å². The highest BCUT2D eigenvalue weighted by molar-refractivity contribution is 9.10. The number of amides is 2. The first kappa shape index (κ1) is 14.8. The summed E-state index contributed by atoms with van der Waals surface area (Å²) in [6.07, 6.45) is 0.793. The fourth-order valence-electron chi connectivity index (χ4n) is 2.33. The van der Waals surface area contributed by atoms with Crippen molar-refractivity contribution in [2.75, 3.05) is 31.9 Å². The molecule has 0 saturated carbocycles. The molecule has 0 radical (unpaired) electrons. The van der Waals surface area contributed by atoms with Gasteiger partial charge in [-0.05, 0) is 24.6 Å². The minimum atomic E-state index is -0.0691. The Kier molecular flexibility index (Phi) is 4.65. The first-order chi connectivity index (χ1) is 9.49. The number of nitrogen functional groups attached to an aromatic ring is 1. The van der Waals surface area contributed by atoms with Gasteiger partial charge in [0.1, 0.15) is 0 Å². The Labute approximate surface area is 126 Å². The molecule has 1 fully saturated rings. The molecule has 1 aromatic carbocycles. The van der Waals surface area contributed by atoms with Gasteiger partial charge in [-0.1, -0.05) is 15.9 Å². The molecule has 20 heavy (non-hydrogen) atoms. The molecule has 2 amide bonds. The van der Waals surface area contributed by atoms with Gasteiger partial charge in [0.25, 0.3) is 5.91 Å². The van der Waals surface area contributed by atoms with E-state index in [9.17, 15) is 9.59 Å². The molecule has 1 aliphatic heterocycles. The highest BCUT2D eigenvalue weighted by Gasteiger charge is 2.22. The van der Waals surface area contributed by atoms with Crippen LogP contribution in [-0.2, 0) is 4.79 Å². The zero-order valence-corrected chi connectivity index (χ0v) is 13.0. The highest BCUT2D eigenvalue weighted by atomic mass is 79.9. The van der Waals surface area contributed by atoms with E-state index in [1.54, 1.807) is 28.9 Å². The van der Waals surface area contributed by atoms with Crippen LogP contribution >= 0.6 is 15.9 Å². The van der Waals surface area contributed by atoms with E-state index in [0.717, 1.165) is 10.9 Å². The van der Waals surface area contributed by atoms with Gasteiger partial charge in [0.05, 0.1) is 5.56 Å². The molecule has 108 valence electrons. The van der Waals surface area contributed by atoms with E-state index in [1.807, 2.05) is 6.07 Å². The summed E-state index contributed by atoms with van der Waals surface area (Å²) in [5, 5.41) is 0. The van der Waals surface area contributed by atoms with Gasteiger partial charge in [-0.3, -0.25) is 9.59 Å². The van der Waals surface area contributed by atoms with Crippen molar-refractivity contribution in [3.8, 4) is 0 Å². The predicted molar refractivity (Wildman–Crippen MR) is 81.3 cm³/mol. The Balaban J connectivity index is 2.11. The normalized spacial score (nSPS) is 15.9. The molecule has 0 aliphatic carbocycles. The molecule has 0 unspecified atom stereocenters. The van der Waals surface area contributed by atoms with Crippen molar-refractivity contribution < 1.29 is 9.59 Å². The largest absolute Gasteiger partial charge is 0.398 e. The second-order valence-corrected chi connectivity index (χ2v) is 5.80. The summed E-state index contributed by atoms with van der Waals surface area (Å²) >= 11 is 3.33. The maximum absolute atomic E-state index is 12.5. The molecule has 2 N–H and O–H groups in total. The average Bonchev–Trinajstić information content (AvgIpc) is 2.63. The van der Waals surface area contributed by atoms with Crippen molar-refractivity contribution in [1.82, 2.24) is 9.80 Å². The van der Waals surface area contributed by atoms with Gasteiger partial charge in [-0.15, -0.1) is 0 Å². The molecular formula is C14H18BrN3O2. The number of nitrogens with two attached hydrogens (primary N) is 1. The van der Waals surface area contributed by atoms with Crippen LogP contribution in [0.3, 0.4) is 0 Å². The van der Waals surface area contributed by atoms with Crippen molar-refractivity contribution in [3.63, 3.8) is 0 Å². The molecule has 0 atom stereocenters. The fraction of sp³-hybridized carbons (Fsp3) is 0.429. The van der Waals surface area contributed by atoms with Gasteiger partial charge in [-0.25, -0.2) is 0 Å². The molecule has 0 aromatic heterocycles. The SMILES string of the molecule is CC(=O)N1CCCN(C(=O)c2ccc(Br)cc2N)CC1. The standard InChI is InChI=1S/C14H18BrN3O2/c1-10(19)17-5-2-6-18(8-7-17)14(20)12-4-3-11(15)9-13(12)16/h3-4,9H,2,5-8,16H2,1H3. The monoisotopic (exact) mass is 339 g/mol. The van der Waals surface area contributed by atoms with Crippen LogP contribution in [0.1, 0.15) is 23.7 Å². The average molecular weight is 340 g/mol. The lowest BCUT2D eigenvalue weighted by Gasteiger charge is -2.22. The molecule has 5 nitrogen and oxygen atoms in total. The second kappa shape index (κ2) is 6.26. The first-order valence-electron chi connectivity index (χ1n) is 6.59. The number of hydrogen-bond donors (Lipinski definition) is 1. The number of rotatable bonds is 1. The predicted octanol–water partition coefficient (Wildman–Crippen LogP) is 1.73. The Bertz CT molecular complexity index is 533. The number of benzene rings is 1. The Hall–Kier alpha value is -1.56. The van der Waals surface area contributed by atoms with Crippen LogP contribution in [0.25, 0.3) is 0 Å².